The summed E-state index contributed by atoms with van der Waals surface area (Å²) in [6.07, 6.45) is 3.04. The summed E-state index contributed by atoms with van der Waals surface area (Å²) in [5.74, 6) is -0.529. The second-order valence-electron chi connectivity index (χ2n) is 8.08. The Hall–Kier alpha value is -3.50. The summed E-state index contributed by atoms with van der Waals surface area (Å²) in [5, 5.41) is 15.2. The number of hydrogen-bond acceptors (Lipinski definition) is 6. The number of nitrogens with zero attached hydrogens (tertiary/aromatic N) is 2. The first-order chi connectivity index (χ1) is 16.6. The summed E-state index contributed by atoms with van der Waals surface area (Å²) >= 11 is 0. The van der Waals surface area contributed by atoms with Gasteiger partial charge in [0, 0.05) is 36.5 Å². The number of carboxylic acid groups (broad SMARTS) is 1. The van der Waals surface area contributed by atoms with Gasteiger partial charge in [0.05, 0.1) is 25.3 Å². The van der Waals surface area contributed by atoms with Gasteiger partial charge in [-0.3, -0.25) is 14.9 Å². The van der Waals surface area contributed by atoms with Crippen LogP contribution in [0.3, 0.4) is 0 Å². The number of para-hydroxylation sites is 1. The van der Waals surface area contributed by atoms with Crippen molar-refractivity contribution in [1.29, 1.82) is 0 Å². The van der Waals surface area contributed by atoms with Crippen molar-refractivity contribution in [2.24, 2.45) is 0 Å². The van der Waals surface area contributed by atoms with Gasteiger partial charge in [-0.05, 0) is 37.0 Å². The van der Waals surface area contributed by atoms with Crippen LogP contribution in [-0.2, 0) is 25.5 Å². The number of carbonyl (C=O) groups is 3. The molecule has 2 aromatic heterocycles. The van der Waals surface area contributed by atoms with Crippen molar-refractivity contribution in [2.45, 2.75) is 31.7 Å². The summed E-state index contributed by atoms with van der Waals surface area (Å²) in [4.78, 5) is 39.3. The van der Waals surface area contributed by atoms with Gasteiger partial charge in [0.2, 0.25) is 11.8 Å². The number of imide groups is 1. The zero-order valence-corrected chi connectivity index (χ0v) is 18.8. The molecule has 1 aromatic carbocycles. The Kier molecular flexibility index (Phi) is 7.71. The molecule has 0 bridgehead atoms. The van der Waals surface area contributed by atoms with E-state index in [1.165, 1.54) is 0 Å². The lowest BCUT2D eigenvalue weighted by Crippen LogP contribution is -2.41. The molecule has 1 aliphatic rings. The van der Waals surface area contributed by atoms with Crippen LogP contribution in [-0.4, -0.2) is 65.5 Å². The van der Waals surface area contributed by atoms with E-state index < -0.39 is 12.1 Å². The number of aryl methyl sites for hydroxylation is 1. The Morgan fingerprint density at radius 1 is 1.15 bits per heavy atom. The maximum absolute atomic E-state index is 12.6. The van der Waals surface area contributed by atoms with Crippen molar-refractivity contribution in [3.05, 3.63) is 42.1 Å². The summed E-state index contributed by atoms with van der Waals surface area (Å²) < 4.78 is 12.9. The molecule has 10 heteroatoms. The number of benzene rings is 1. The van der Waals surface area contributed by atoms with Crippen LogP contribution < -0.4 is 10.6 Å². The molecule has 10 nitrogen and oxygen atoms in total. The van der Waals surface area contributed by atoms with Crippen LogP contribution >= 0.6 is 0 Å². The Morgan fingerprint density at radius 3 is 2.74 bits per heavy atom. The second-order valence-corrected chi connectivity index (χ2v) is 8.08. The van der Waals surface area contributed by atoms with E-state index in [9.17, 15) is 14.4 Å². The van der Waals surface area contributed by atoms with Crippen LogP contribution in [0.5, 0.6) is 0 Å². The predicted molar refractivity (Wildman–Crippen MR) is 125 cm³/mol. The first-order valence-corrected chi connectivity index (χ1v) is 11.4. The fourth-order valence-electron chi connectivity index (χ4n) is 4.34. The largest absolute Gasteiger partial charge is 0.465 e. The molecule has 1 fully saturated rings. The van der Waals surface area contributed by atoms with Gasteiger partial charge in [0.15, 0.2) is 0 Å². The lowest BCUT2D eigenvalue weighted by molar-refractivity contribution is -0.135. The number of pyridine rings is 1. The average molecular weight is 469 g/mol. The van der Waals surface area contributed by atoms with Gasteiger partial charge in [-0.15, -0.1) is 0 Å². The zero-order valence-electron chi connectivity index (χ0n) is 18.8. The van der Waals surface area contributed by atoms with Crippen molar-refractivity contribution in [3.8, 4) is 0 Å². The van der Waals surface area contributed by atoms with Gasteiger partial charge in [-0.1, -0.05) is 18.2 Å². The number of nitrogens with one attached hydrogen (secondary N) is 2. The van der Waals surface area contributed by atoms with Gasteiger partial charge in [-0.25, -0.2) is 9.78 Å². The Labute approximate surface area is 196 Å². The quantitative estimate of drug-likeness (QED) is 0.291. The molecule has 3 aromatic rings. The Balaban J connectivity index is 1.41. The van der Waals surface area contributed by atoms with E-state index in [2.05, 4.69) is 15.6 Å². The zero-order chi connectivity index (χ0) is 23.9. The number of amides is 3. The van der Waals surface area contributed by atoms with E-state index in [0.29, 0.717) is 39.3 Å². The number of piperidine rings is 1. The van der Waals surface area contributed by atoms with Gasteiger partial charge in [-0.2, -0.15) is 0 Å². The van der Waals surface area contributed by atoms with Crippen LogP contribution in [0, 0.1) is 0 Å². The molecule has 180 valence electrons. The van der Waals surface area contributed by atoms with Gasteiger partial charge in [0.1, 0.15) is 11.7 Å². The minimum Gasteiger partial charge on any atom is -0.465 e. The molecule has 0 spiro atoms. The van der Waals surface area contributed by atoms with Crippen LogP contribution in [0.15, 0.2) is 36.5 Å². The molecule has 1 aliphatic heterocycles. The predicted octanol–water partition coefficient (Wildman–Crippen LogP) is 2.40. The third-order valence-electron chi connectivity index (χ3n) is 5.83. The molecule has 0 saturated carbocycles. The van der Waals surface area contributed by atoms with Crippen LogP contribution in [0.4, 0.5) is 4.79 Å². The molecule has 0 aliphatic carbocycles. The summed E-state index contributed by atoms with van der Waals surface area (Å²) in [6, 6.07) is 9.47. The van der Waals surface area contributed by atoms with E-state index in [-0.39, 0.29) is 18.4 Å². The van der Waals surface area contributed by atoms with Gasteiger partial charge >= 0.3 is 6.09 Å². The SMILES string of the molecule is O=C(O)NCCOCCOCCCc1ccnc2c1c1ccccc1n2C1CCC(=O)NC1=O. The highest BCUT2D eigenvalue weighted by atomic mass is 16.5. The maximum atomic E-state index is 12.6. The number of ether oxygens (including phenoxy) is 2. The highest BCUT2D eigenvalue weighted by Gasteiger charge is 2.31. The fourth-order valence-corrected chi connectivity index (χ4v) is 4.34. The van der Waals surface area contributed by atoms with E-state index >= 15 is 0 Å². The van der Waals surface area contributed by atoms with Crippen molar-refractivity contribution in [2.75, 3.05) is 33.0 Å². The second kappa shape index (κ2) is 11.1. The highest BCUT2D eigenvalue weighted by Crippen LogP contribution is 2.35. The molecular weight excluding hydrogens is 440 g/mol. The average Bonchev–Trinajstić information content (AvgIpc) is 3.15. The highest BCUT2D eigenvalue weighted by molar-refractivity contribution is 6.10. The monoisotopic (exact) mass is 468 g/mol. The van der Waals surface area contributed by atoms with Crippen molar-refractivity contribution >= 4 is 39.8 Å². The summed E-state index contributed by atoms with van der Waals surface area (Å²) in [7, 11) is 0. The first kappa shape index (κ1) is 23.7. The number of carbonyl (C=O) groups excluding carboxylic acids is 2. The Bertz CT molecular complexity index is 1190. The fraction of sp³-hybridized carbons (Fsp3) is 0.417. The lowest BCUT2D eigenvalue weighted by Gasteiger charge is -2.23. The van der Waals surface area contributed by atoms with Crippen LogP contribution in [0.2, 0.25) is 0 Å². The molecule has 1 atom stereocenters. The molecule has 1 saturated heterocycles. The van der Waals surface area contributed by atoms with E-state index in [0.717, 1.165) is 40.3 Å². The molecule has 4 rings (SSSR count). The minimum absolute atomic E-state index is 0.238. The van der Waals surface area contributed by atoms with Crippen molar-refractivity contribution in [1.82, 2.24) is 20.2 Å². The van der Waals surface area contributed by atoms with Crippen LogP contribution in [0.1, 0.15) is 30.9 Å². The number of fused-ring (bicyclic) bond motifs is 3. The van der Waals surface area contributed by atoms with Crippen LogP contribution in [0.25, 0.3) is 21.9 Å². The topological polar surface area (TPSA) is 132 Å². The minimum atomic E-state index is -1.06. The van der Waals surface area contributed by atoms with Gasteiger partial charge < -0.3 is 24.5 Å². The standard InChI is InChI=1S/C24H28N4O6/c29-20-8-7-19(23(30)27-20)28-18-6-2-1-5-17(18)21-16(9-10-25-22(21)28)4-3-12-33-14-15-34-13-11-26-24(31)32/h1-2,5-6,9-10,19,26H,3-4,7-8,11-15H2,(H,31,32)(H,27,29,30). The summed E-state index contributed by atoms with van der Waals surface area (Å²) in [5.41, 5.74) is 2.81. The van der Waals surface area contributed by atoms with E-state index in [1.807, 2.05) is 34.9 Å². The molecule has 34 heavy (non-hydrogen) atoms. The van der Waals surface area contributed by atoms with E-state index in [1.54, 1.807) is 6.20 Å². The number of hydrogen-bond donors (Lipinski definition) is 3. The van der Waals surface area contributed by atoms with Crippen molar-refractivity contribution in [3.63, 3.8) is 0 Å². The van der Waals surface area contributed by atoms with Crippen molar-refractivity contribution < 1.29 is 29.0 Å². The summed E-state index contributed by atoms with van der Waals surface area (Å²) in [6.45, 7) is 1.96. The van der Waals surface area contributed by atoms with Gasteiger partial charge in [0.25, 0.3) is 0 Å². The van der Waals surface area contributed by atoms with E-state index in [4.69, 9.17) is 14.6 Å². The Morgan fingerprint density at radius 2 is 1.94 bits per heavy atom. The molecule has 3 heterocycles. The molecule has 3 amide bonds. The normalized spacial score (nSPS) is 16.2. The molecular formula is C24H28N4O6. The molecule has 3 N–H and O–H groups in total. The molecule has 0 radical (unpaired) electrons. The lowest BCUT2D eigenvalue weighted by atomic mass is 10.0. The maximum Gasteiger partial charge on any atom is 0.404 e. The third-order valence-corrected chi connectivity index (χ3v) is 5.83. The number of aromatic nitrogens is 2. The smallest absolute Gasteiger partial charge is 0.404 e. The third kappa shape index (κ3) is 5.35. The number of rotatable bonds is 11. The molecule has 1 unspecified atom stereocenters. The first-order valence-electron chi connectivity index (χ1n) is 11.4.